The summed E-state index contributed by atoms with van der Waals surface area (Å²) in [5, 5.41) is 0.730. The molecule has 0 unspecified atom stereocenters. The molecule has 0 atom stereocenters. The Labute approximate surface area is 108 Å². The second kappa shape index (κ2) is 5.43. The summed E-state index contributed by atoms with van der Waals surface area (Å²) in [6, 6.07) is 0. The van der Waals surface area contributed by atoms with E-state index in [9.17, 15) is 4.57 Å². The number of hydrogen-bond acceptors (Lipinski definition) is 3. The lowest BCUT2D eigenvalue weighted by Crippen LogP contribution is -2.13. The Morgan fingerprint density at radius 2 is 1.94 bits per heavy atom. The molecule has 1 aliphatic heterocycles. The van der Waals surface area contributed by atoms with Gasteiger partial charge < -0.3 is 13.6 Å². The SMILES string of the molecule is CCOP(=O)(OCC)c1cn2c(c1CC)C=CC2. The Kier molecular flexibility index (Phi) is 4.10. The molecule has 0 bridgehead atoms. The van der Waals surface area contributed by atoms with Crippen LogP contribution in [0.25, 0.3) is 6.08 Å². The van der Waals surface area contributed by atoms with Crippen molar-refractivity contribution in [2.24, 2.45) is 0 Å². The van der Waals surface area contributed by atoms with Crippen LogP contribution < -0.4 is 5.30 Å². The maximum Gasteiger partial charge on any atom is 0.363 e. The van der Waals surface area contributed by atoms with E-state index in [2.05, 4.69) is 23.6 Å². The van der Waals surface area contributed by atoms with E-state index in [1.165, 1.54) is 0 Å². The van der Waals surface area contributed by atoms with Gasteiger partial charge in [0.05, 0.1) is 18.5 Å². The maximum absolute atomic E-state index is 12.8. The van der Waals surface area contributed by atoms with E-state index >= 15 is 0 Å². The Balaban J connectivity index is 2.48. The summed E-state index contributed by atoms with van der Waals surface area (Å²) in [7, 11) is -3.17. The van der Waals surface area contributed by atoms with Crippen molar-refractivity contribution in [3.05, 3.63) is 23.5 Å². The third kappa shape index (κ3) is 2.20. The van der Waals surface area contributed by atoms with Crippen LogP contribution in [0.1, 0.15) is 32.0 Å². The fourth-order valence-corrected chi connectivity index (χ4v) is 4.26. The van der Waals surface area contributed by atoms with Crippen molar-refractivity contribution in [2.45, 2.75) is 33.7 Å². The van der Waals surface area contributed by atoms with Crippen molar-refractivity contribution >= 4 is 19.0 Å². The van der Waals surface area contributed by atoms with Crippen molar-refractivity contribution in [2.75, 3.05) is 13.2 Å². The largest absolute Gasteiger partial charge is 0.363 e. The fraction of sp³-hybridized carbons (Fsp3) is 0.538. The van der Waals surface area contributed by atoms with Gasteiger partial charge in [-0.15, -0.1) is 0 Å². The first-order valence-corrected chi connectivity index (χ1v) is 7.98. The number of allylic oxidation sites excluding steroid dienone is 1. The Hall–Kier alpha value is -0.830. The van der Waals surface area contributed by atoms with E-state index in [0.29, 0.717) is 13.2 Å². The average molecular weight is 269 g/mol. The molecule has 1 aromatic rings. The molecular weight excluding hydrogens is 249 g/mol. The highest BCUT2D eigenvalue weighted by atomic mass is 31.2. The van der Waals surface area contributed by atoms with E-state index in [0.717, 1.165) is 29.5 Å². The molecule has 2 rings (SSSR count). The van der Waals surface area contributed by atoms with E-state index in [-0.39, 0.29) is 0 Å². The second-order valence-corrected chi connectivity index (χ2v) is 6.11. The second-order valence-electron chi connectivity index (χ2n) is 4.12. The van der Waals surface area contributed by atoms with Crippen LogP contribution in [0.2, 0.25) is 0 Å². The van der Waals surface area contributed by atoms with Crippen LogP contribution in [0.5, 0.6) is 0 Å². The van der Waals surface area contributed by atoms with E-state index < -0.39 is 7.60 Å². The van der Waals surface area contributed by atoms with Gasteiger partial charge in [0.15, 0.2) is 0 Å². The highest BCUT2D eigenvalue weighted by Gasteiger charge is 2.33. The highest BCUT2D eigenvalue weighted by Crippen LogP contribution is 2.48. The molecule has 18 heavy (non-hydrogen) atoms. The third-order valence-electron chi connectivity index (χ3n) is 3.03. The van der Waals surface area contributed by atoms with Gasteiger partial charge in [0.25, 0.3) is 0 Å². The molecule has 0 saturated heterocycles. The topological polar surface area (TPSA) is 40.5 Å². The minimum Gasteiger partial charge on any atom is -0.343 e. The molecule has 0 aromatic carbocycles. The van der Waals surface area contributed by atoms with Crippen LogP contribution in [0.3, 0.4) is 0 Å². The summed E-state index contributed by atoms with van der Waals surface area (Å²) in [5.41, 5.74) is 2.21. The lowest BCUT2D eigenvalue weighted by atomic mass is 10.2. The monoisotopic (exact) mass is 269 g/mol. The molecule has 0 N–H and O–H groups in total. The smallest absolute Gasteiger partial charge is 0.343 e. The zero-order valence-electron chi connectivity index (χ0n) is 11.2. The summed E-state index contributed by atoms with van der Waals surface area (Å²) in [5.74, 6) is 0. The lowest BCUT2D eigenvalue weighted by molar-refractivity contribution is 0.229. The van der Waals surface area contributed by atoms with Gasteiger partial charge in [0.1, 0.15) is 0 Å². The molecular formula is C13H20NO3P. The number of aromatic nitrogens is 1. The number of hydrogen-bond donors (Lipinski definition) is 0. The minimum atomic E-state index is -3.17. The molecule has 0 saturated carbocycles. The van der Waals surface area contributed by atoms with Crippen LogP contribution in [0, 0.1) is 0 Å². The Morgan fingerprint density at radius 1 is 1.28 bits per heavy atom. The van der Waals surface area contributed by atoms with Gasteiger partial charge in [-0.25, -0.2) is 0 Å². The fourth-order valence-electron chi connectivity index (χ4n) is 2.34. The molecule has 0 fully saturated rings. The molecule has 0 aliphatic carbocycles. The molecule has 0 radical (unpaired) electrons. The predicted octanol–water partition coefficient (Wildman–Crippen LogP) is 2.97. The maximum atomic E-state index is 12.8. The quantitative estimate of drug-likeness (QED) is 0.745. The molecule has 5 heteroatoms. The highest BCUT2D eigenvalue weighted by molar-refractivity contribution is 7.62. The summed E-state index contributed by atoms with van der Waals surface area (Å²) in [6.07, 6.45) is 6.92. The van der Waals surface area contributed by atoms with Gasteiger partial charge in [-0.3, -0.25) is 4.57 Å². The van der Waals surface area contributed by atoms with Gasteiger partial charge in [0, 0.05) is 18.4 Å². The molecule has 100 valence electrons. The molecule has 0 spiro atoms. The van der Waals surface area contributed by atoms with Crippen molar-refractivity contribution in [3.63, 3.8) is 0 Å². The predicted molar refractivity (Wildman–Crippen MR) is 73.3 cm³/mol. The zero-order valence-corrected chi connectivity index (χ0v) is 12.1. The van der Waals surface area contributed by atoms with Gasteiger partial charge in [-0.2, -0.15) is 0 Å². The van der Waals surface area contributed by atoms with Crippen molar-refractivity contribution in [1.29, 1.82) is 0 Å². The first-order chi connectivity index (χ1) is 8.66. The first kappa shape index (κ1) is 13.6. The Morgan fingerprint density at radius 3 is 2.50 bits per heavy atom. The molecule has 1 aliphatic rings. The first-order valence-electron chi connectivity index (χ1n) is 6.44. The standard InChI is InChI=1S/C13H20NO3P/c1-4-11-12-8-7-9-14(12)10-13(11)18(15,16-5-2)17-6-3/h7-8,10H,4-6,9H2,1-3H3. The van der Waals surface area contributed by atoms with Gasteiger partial charge in [-0.05, 0) is 31.9 Å². The van der Waals surface area contributed by atoms with Gasteiger partial charge in [0.2, 0.25) is 0 Å². The normalized spacial score (nSPS) is 14.2. The number of rotatable bonds is 6. The molecule has 0 amide bonds. The van der Waals surface area contributed by atoms with Crippen LogP contribution >= 0.6 is 7.60 Å². The zero-order chi connectivity index (χ0) is 13.2. The van der Waals surface area contributed by atoms with Crippen molar-refractivity contribution in [1.82, 2.24) is 4.57 Å². The van der Waals surface area contributed by atoms with Crippen LogP contribution in [-0.2, 0) is 26.6 Å². The Bertz CT molecular complexity index is 495. The van der Waals surface area contributed by atoms with Crippen LogP contribution in [0.15, 0.2) is 12.3 Å². The average Bonchev–Trinajstić information content (AvgIpc) is 2.88. The van der Waals surface area contributed by atoms with E-state index in [1.54, 1.807) is 0 Å². The molecule has 4 nitrogen and oxygen atoms in total. The molecule has 1 aromatic heterocycles. The number of fused-ring (bicyclic) bond motifs is 1. The summed E-state index contributed by atoms with van der Waals surface area (Å²) >= 11 is 0. The molecule has 2 heterocycles. The van der Waals surface area contributed by atoms with Gasteiger partial charge >= 0.3 is 7.60 Å². The van der Waals surface area contributed by atoms with Gasteiger partial charge in [-0.1, -0.05) is 13.0 Å². The van der Waals surface area contributed by atoms with Crippen LogP contribution in [0.4, 0.5) is 0 Å². The lowest BCUT2D eigenvalue weighted by Gasteiger charge is -2.17. The number of nitrogens with zero attached hydrogens (tertiary/aromatic N) is 1. The van der Waals surface area contributed by atoms with Crippen LogP contribution in [-0.4, -0.2) is 17.8 Å². The summed E-state index contributed by atoms with van der Waals surface area (Å²) in [4.78, 5) is 0. The summed E-state index contributed by atoms with van der Waals surface area (Å²) in [6.45, 7) is 7.34. The minimum absolute atomic E-state index is 0.386. The van der Waals surface area contributed by atoms with Crippen molar-refractivity contribution < 1.29 is 13.6 Å². The van der Waals surface area contributed by atoms with Crippen molar-refractivity contribution in [3.8, 4) is 0 Å². The van der Waals surface area contributed by atoms with E-state index in [4.69, 9.17) is 9.05 Å². The van der Waals surface area contributed by atoms with E-state index in [1.807, 2.05) is 20.0 Å². The summed E-state index contributed by atoms with van der Waals surface area (Å²) < 4.78 is 25.8. The third-order valence-corrected chi connectivity index (χ3v) is 5.20.